The van der Waals surface area contributed by atoms with E-state index in [2.05, 4.69) is 15.1 Å². The molecule has 8 heteroatoms. The topological polar surface area (TPSA) is 46.8 Å². The van der Waals surface area contributed by atoms with Crippen molar-refractivity contribution in [2.24, 2.45) is 7.05 Å². The summed E-state index contributed by atoms with van der Waals surface area (Å²) in [6.45, 7) is 1.87. The van der Waals surface area contributed by atoms with Crippen LogP contribution in [0.2, 0.25) is 0 Å². The summed E-state index contributed by atoms with van der Waals surface area (Å²) >= 11 is 0. The second-order valence-corrected chi connectivity index (χ2v) is 4.59. The van der Waals surface area contributed by atoms with Gasteiger partial charge >= 0.3 is 6.18 Å². The smallest absolute Gasteiger partial charge is 0.339 e. The molecule has 0 bridgehead atoms. The molecule has 2 aromatic rings. The quantitative estimate of drug-likeness (QED) is 0.867. The molecule has 0 amide bonds. The molecule has 0 spiro atoms. The van der Waals surface area contributed by atoms with E-state index in [0.29, 0.717) is 5.95 Å². The van der Waals surface area contributed by atoms with E-state index in [4.69, 9.17) is 0 Å². The predicted octanol–water partition coefficient (Wildman–Crippen LogP) is 2.17. The fourth-order valence-electron chi connectivity index (χ4n) is 1.80. The van der Waals surface area contributed by atoms with Crippen molar-refractivity contribution < 1.29 is 13.2 Å². The van der Waals surface area contributed by atoms with E-state index < -0.39 is 11.9 Å². The molecule has 2 aromatic heterocycles. The fraction of sp³-hybridized carbons (Fsp3) is 0.417. The Kier molecular flexibility index (Phi) is 3.65. The molecule has 0 atom stereocenters. The van der Waals surface area contributed by atoms with Gasteiger partial charge in [0.2, 0.25) is 5.95 Å². The molecule has 0 fully saturated rings. The third-order valence-electron chi connectivity index (χ3n) is 2.69. The summed E-state index contributed by atoms with van der Waals surface area (Å²) in [7, 11) is 3.10. The van der Waals surface area contributed by atoms with Crippen molar-refractivity contribution >= 4 is 5.95 Å². The first-order valence-corrected chi connectivity index (χ1v) is 5.87. The van der Waals surface area contributed by atoms with Gasteiger partial charge in [0.25, 0.3) is 0 Å². The zero-order chi connectivity index (χ0) is 14.9. The monoisotopic (exact) mass is 285 g/mol. The summed E-state index contributed by atoms with van der Waals surface area (Å²) in [5.74, 6) is 0.368. The molecule has 0 aliphatic rings. The summed E-state index contributed by atoms with van der Waals surface area (Å²) in [6.07, 6.45) is 0.124. The fourth-order valence-corrected chi connectivity index (χ4v) is 1.80. The molecule has 0 aliphatic carbocycles. The number of hydrogen-bond acceptors (Lipinski definition) is 4. The van der Waals surface area contributed by atoms with Gasteiger partial charge in [-0.05, 0) is 12.5 Å². The molecule has 0 saturated heterocycles. The zero-order valence-corrected chi connectivity index (χ0v) is 11.3. The minimum absolute atomic E-state index is 0.0335. The third kappa shape index (κ3) is 3.06. The van der Waals surface area contributed by atoms with Gasteiger partial charge in [-0.1, -0.05) is 0 Å². The highest BCUT2D eigenvalue weighted by atomic mass is 19.4. The number of anilines is 1. The van der Waals surface area contributed by atoms with Gasteiger partial charge in [-0.15, -0.1) is 0 Å². The van der Waals surface area contributed by atoms with Crippen molar-refractivity contribution in [3.63, 3.8) is 0 Å². The third-order valence-corrected chi connectivity index (χ3v) is 2.69. The first-order chi connectivity index (χ1) is 9.27. The molecule has 108 valence electrons. The van der Waals surface area contributed by atoms with Gasteiger partial charge in [-0.25, -0.2) is 9.97 Å². The minimum Gasteiger partial charge on any atom is -0.339 e. The van der Waals surface area contributed by atoms with Crippen LogP contribution in [-0.4, -0.2) is 26.8 Å². The lowest BCUT2D eigenvalue weighted by Crippen LogP contribution is -2.21. The van der Waals surface area contributed by atoms with E-state index >= 15 is 0 Å². The number of halogens is 3. The highest BCUT2D eigenvalue weighted by molar-refractivity contribution is 5.32. The Morgan fingerprint density at radius 3 is 2.40 bits per heavy atom. The largest absolute Gasteiger partial charge is 0.435 e. The lowest BCUT2D eigenvalue weighted by atomic mass is 10.2. The second kappa shape index (κ2) is 5.10. The molecule has 20 heavy (non-hydrogen) atoms. The van der Waals surface area contributed by atoms with Gasteiger partial charge in [0.15, 0.2) is 5.69 Å². The van der Waals surface area contributed by atoms with Crippen LogP contribution >= 0.6 is 0 Å². The molecule has 5 nitrogen and oxygen atoms in total. The van der Waals surface area contributed by atoms with Gasteiger partial charge in [-0.3, -0.25) is 4.68 Å². The number of aromatic nitrogens is 4. The first kappa shape index (κ1) is 14.3. The van der Waals surface area contributed by atoms with Gasteiger partial charge in [0, 0.05) is 44.8 Å². The molecule has 0 radical (unpaired) electrons. The van der Waals surface area contributed by atoms with Gasteiger partial charge < -0.3 is 4.90 Å². The molecule has 0 aromatic carbocycles. The lowest BCUT2D eigenvalue weighted by molar-refractivity contribution is -0.142. The Balaban J connectivity index is 2.24. The molecular weight excluding hydrogens is 271 g/mol. The molecule has 0 unspecified atom stereocenters. The van der Waals surface area contributed by atoms with Crippen LogP contribution in [0.1, 0.15) is 16.8 Å². The number of aryl methyl sites for hydroxylation is 2. The summed E-state index contributed by atoms with van der Waals surface area (Å²) < 4.78 is 39.7. The van der Waals surface area contributed by atoms with Crippen LogP contribution in [0.5, 0.6) is 0 Å². The highest BCUT2D eigenvalue weighted by Crippen LogP contribution is 2.31. The van der Waals surface area contributed by atoms with Crippen LogP contribution in [0.25, 0.3) is 0 Å². The van der Waals surface area contributed by atoms with Crippen molar-refractivity contribution in [3.05, 3.63) is 35.4 Å². The molecule has 0 aliphatic heterocycles. The summed E-state index contributed by atoms with van der Waals surface area (Å²) in [6, 6.07) is 0. The van der Waals surface area contributed by atoms with Crippen molar-refractivity contribution in [1.29, 1.82) is 0 Å². The number of nitrogens with zero attached hydrogens (tertiary/aromatic N) is 5. The normalized spacial score (nSPS) is 11.7. The number of alkyl halides is 3. The van der Waals surface area contributed by atoms with Gasteiger partial charge in [0.05, 0.1) is 0 Å². The van der Waals surface area contributed by atoms with Crippen molar-refractivity contribution in [2.45, 2.75) is 19.6 Å². The van der Waals surface area contributed by atoms with Crippen molar-refractivity contribution in [2.75, 3.05) is 11.9 Å². The van der Waals surface area contributed by atoms with Crippen molar-refractivity contribution in [1.82, 2.24) is 19.7 Å². The second-order valence-electron chi connectivity index (χ2n) is 4.59. The maximum Gasteiger partial charge on any atom is 0.435 e. The van der Waals surface area contributed by atoms with E-state index in [9.17, 15) is 13.2 Å². The summed E-state index contributed by atoms with van der Waals surface area (Å²) in [5.41, 5.74) is 0.102. The Labute approximate surface area is 114 Å². The van der Waals surface area contributed by atoms with E-state index in [-0.39, 0.29) is 12.1 Å². The van der Waals surface area contributed by atoms with Gasteiger partial charge in [-0.2, -0.15) is 18.3 Å². The van der Waals surface area contributed by atoms with E-state index in [1.54, 1.807) is 24.3 Å². The highest BCUT2D eigenvalue weighted by Gasteiger charge is 2.37. The zero-order valence-electron chi connectivity index (χ0n) is 11.3. The Morgan fingerprint density at radius 2 is 1.85 bits per heavy atom. The first-order valence-electron chi connectivity index (χ1n) is 5.87. The van der Waals surface area contributed by atoms with Crippen molar-refractivity contribution in [3.8, 4) is 0 Å². The molecular formula is C12H14F3N5. The van der Waals surface area contributed by atoms with Crippen LogP contribution in [0, 0.1) is 6.92 Å². The van der Waals surface area contributed by atoms with E-state index in [1.807, 2.05) is 6.92 Å². The Hall–Kier alpha value is -2.12. The van der Waals surface area contributed by atoms with E-state index in [0.717, 1.165) is 10.2 Å². The summed E-state index contributed by atoms with van der Waals surface area (Å²) in [4.78, 5) is 9.71. The molecule has 2 rings (SSSR count). The molecule has 0 saturated carbocycles. The maximum absolute atomic E-state index is 12.8. The van der Waals surface area contributed by atoms with Crippen LogP contribution in [-0.2, 0) is 19.8 Å². The SMILES string of the molecule is Cc1cnc(N(C)Cc2cn(C)nc2C(F)(F)F)nc1. The van der Waals surface area contributed by atoms with Crippen LogP contribution in [0.4, 0.5) is 19.1 Å². The van der Waals surface area contributed by atoms with E-state index in [1.165, 1.54) is 13.2 Å². The average molecular weight is 285 g/mol. The lowest BCUT2D eigenvalue weighted by Gasteiger charge is -2.17. The summed E-state index contributed by atoms with van der Waals surface area (Å²) in [5, 5.41) is 3.47. The Morgan fingerprint density at radius 1 is 1.25 bits per heavy atom. The number of rotatable bonds is 3. The predicted molar refractivity (Wildman–Crippen MR) is 67.1 cm³/mol. The molecule has 0 N–H and O–H groups in total. The standard InChI is InChI=1S/C12H14F3N5/c1-8-4-16-11(17-5-8)19(2)6-9-7-20(3)18-10(9)12(13,14)15/h4-5,7H,6H2,1-3H3. The average Bonchev–Trinajstić information content (AvgIpc) is 2.71. The van der Waals surface area contributed by atoms with Crippen LogP contribution in [0.3, 0.4) is 0 Å². The molecule has 2 heterocycles. The van der Waals surface area contributed by atoms with Crippen LogP contribution < -0.4 is 4.90 Å². The maximum atomic E-state index is 12.8. The van der Waals surface area contributed by atoms with Crippen LogP contribution in [0.15, 0.2) is 18.6 Å². The Bertz CT molecular complexity index is 588. The van der Waals surface area contributed by atoms with Gasteiger partial charge in [0.1, 0.15) is 0 Å². The minimum atomic E-state index is -4.47. The number of hydrogen-bond donors (Lipinski definition) is 0.